The van der Waals surface area contributed by atoms with E-state index in [9.17, 15) is 14.7 Å². The van der Waals surface area contributed by atoms with Crippen molar-refractivity contribution >= 4 is 68.3 Å². The van der Waals surface area contributed by atoms with Crippen LogP contribution in [0.1, 0.15) is 16.1 Å². The minimum absolute atomic E-state index is 0.316. The second-order valence-corrected chi connectivity index (χ2v) is 8.00. The van der Waals surface area contributed by atoms with Gasteiger partial charge in [-0.15, -0.1) is 11.3 Å². The Morgan fingerprint density at radius 2 is 2.09 bits per heavy atom. The molecule has 3 rings (SSSR count). The highest BCUT2D eigenvalue weighted by Gasteiger charge is 2.43. The van der Waals surface area contributed by atoms with Crippen LogP contribution in [0.3, 0.4) is 0 Å². The zero-order valence-corrected chi connectivity index (χ0v) is 14.3. The van der Waals surface area contributed by atoms with Gasteiger partial charge in [0.05, 0.1) is 5.02 Å². The third-order valence-corrected chi connectivity index (χ3v) is 6.66. The SMILES string of the molecule is O=C(NC1(C(=O)O)CCSC1)c1sc2cc(Cl)ccc2c1Cl. The standard InChI is InChI=1S/C14H11Cl2NO3S2/c15-7-1-2-8-9(5-7)22-11(10(8)16)12(18)17-14(13(19)20)3-4-21-6-14/h1-2,5H,3-4,6H2,(H,17,18)(H,19,20). The number of amides is 1. The highest BCUT2D eigenvalue weighted by Crippen LogP contribution is 2.37. The summed E-state index contributed by atoms with van der Waals surface area (Å²) in [6.45, 7) is 0. The van der Waals surface area contributed by atoms with E-state index in [2.05, 4.69) is 5.32 Å². The largest absolute Gasteiger partial charge is 0.479 e. The highest BCUT2D eigenvalue weighted by molar-refractivity contribution is 7.99. The maximum absolute atomic E-state index is 12.5. The zero-order valence-electron chi connectivity index (χ0n) is 11.2. The van der Waals surface area contributed by atoms with E-state index in [1.165, 1.54) is 23.1 Å². The highest BCUT2D eigenvalue weighted by atomic mass is 35.5. The molecule has 2 aromatic rings. The van der Waals surface area contributed by atoms with Crippen molar-refractivity contribution in [2.75, 3.05) is 11.5 Å². The summed E-state index contributed by atoms with van der Waals surface area (Å²) in [5, 5.41) is 13.7. The molecule has 2 N–H and O–H groups in total. The molecular weight excluding hydrogens is 365 g/mol. The molecule has 1 amide bonds. The van der Waals surface area contributed by atoms with Crippen molar-refractivity contribution in [3.63, 3.8) is 0 Å². The van der Waals surface area contributed by atoms with Crippen molar-refractivity contribution in [1.82, 2.24) is 5.32 Å². The molecule has 22 heavy (non-hydrogen) atoms. The van der Waals surface area contributed by atoms with Gasteiger partial charge in [0.25, 0.3) is 5.91 Å². The van der Waals surface area contributed by atoms with Crippen LogP contribution in [0.5, 0.6) is 0 Å². The molecule has 0 radical (unpaired) electrons. The normalized spacial score (nSPS) is 21.2. The molecule has 116 valence electrons. The van der Waals surface area contributed by atoms with Gasteiger partial charge in [-0.25, -0.2) is 4.79 Å². The summed E-state index contributed by atoms with van der Waals surface area (Å²) in [7, 11) is 0. The number of thioether (sulfide) groups is 1. The number of nitrogens with one attached hydrogen (secondary N) is 1. The number of carboxylic acid groups (broad SMARTS) is 1. The summed E-state index contributed by atoms with van der Waals surface area (Å²) in [6, 6.07) is 5.20. The fraction of sp³-hybridized carbons (Fsp3) is 0.286. The van der Waals surface area contributed by atoms with Crippen molar-refractivity contribution in [2.45, 2.75) is 12.0 Å². The number of carbonyl (C=O) groups excluding carboxylic acids is 1. The van der Waals surface area contributed by atoms with Gasteiger partial charge in [-0.05, 0) is 24.3 Å². The van der Waals surface area contributed by atoms with Gasteiger partial charge in [0.2, 0.25) is 0 Å². The van der Waals surface area contributed by atoms with Gasteiger partial charge in [-0.3, -0.25) is 4.79 Å². The molecule has 1 aromatic heterocycles. The van der Waals surface area contributed by atoms with Crippen molar-refractivity contribution in [3.05, 3.63) is 33.1 Å². The molecule has 8 heteroatoms. The van der Waals surface area contributed by atoms with Crippen LogP contribution in [-0.4, -0.2) is 34.0 Å². The summed E-state index contributed by atoms with van der Waals surface area (Å²) in [6.07, 6.45) is 0.410. The van der Waals surface area contributed by atoms with E-state index < -0.39 is 17.4 Å². The van der Waals surface area contributed by atoms with Crippen molar-refractivity contribution in [1.29, 1.82) is 0 Å². The minimum Gasteiger partial charge on any atom is -0.479 e. The molecule has 0 aliphatic carbocycles. The number of carboxylic acids is 1. The van der Waals surface area contributed by atoms with E-state index >= 15 is 0 Å². The molecule has 1 aliphatic rings. The number of carbonyl (C=O) groups is 2. The van der Waals surface area contributed by atoms with Gasteiger partial charge >= 0.3 is 5.97 Å². The number of benzene rings is 1. The lowest BCUT2D eigenvalue weighted by Crippen LogP contribution is -2.54. The Bertz CT molecular complexity index is 769. The van der Waals surface area contributed by atoms with Crippen LogP contribution in [0.25, 0.3) is 10.1 Å². The number of rotatable bonds is 3. The fourth-order valence-electron chi connectivity index (χ4n) is 2.34. The van der Waals surface area contributed by atoms with Gasteiger partial charge < -0.3 is 10.4 Å². The van der Waals surface area contributed by atoms with Crippen LogP contribution in [0.2, 0.25) is 10.0 Å². The molecule has 4 nitrogen and oxygen atoms in total. The van der Waals surface area contributed by atoms with E-state index in [1.54, 1.807) is 18.2 Å². The second kappa shape index (κ2) is 5.92. The van der Waals surface area contributed by atoms with Crippen molar-refractivity contribution in [3.8, 4) is 0 Å². The lowest BCUT2D eigenvalue weighted by Gasteiger charge is -2.24. The number of hydrogen-bond acceptors (Lipinski definition) is 4. The third-order valence-electron chi connectivity index (χ3n) is 3.58. The maximum Gasteiger partial charge on any atom is 0.330 e. The predicted molar refractivity (Wildman–Crippen MR) is 91.6 cm³/mol. The average Bonchev–Trinajstić information content (AvgIpc) is 3.05. The van der Waals surface area contributed by atoms with Crippen molar-refractivity contribution < 1.29 is 14.7 Å². The molecule has 1 aliphatic heterocycles. The second-order valence-electron chi connectivity index (χ2n) is 5.03. The van der Waals surface area contributed by atoms with E-state index in [4.69, 9.17) is 23.2 Å². The molecule has 1 aromatic carbocycles. The molecule has 0 spiro atoms. The molecule has 1 unspecified atom stereocenters. The molecule has 1 fully saturated rings. The first-order valence-electron chi connectivity index (χ1n) is 6.44. The molecule has 1 atom stereocenters. The Morgan fingerprint density at radius 1 is 1.32 bits per heavy atom. The predicted octanol–water partition coefficient (Wildman–Crippen LogP) is 3.90. The Kier molecular flexibility index (Phi) is 4.29. The first-order chi connectivity index (χ1) is 10.4. The van der Waals surface area contributed by atoms with Crippen LogP contribution < -0.4 is 5.32 Å². The summed E-state index contributed by atoms with van der Waals surface area (Å²) in [4.78, 5) is 24.3. The van der Waals surface area contributed by atoms with Gasteiger partial charge in [0.15, 0.2) is 0 Å². The number of aliphatic carboxylic acids is 1. The van der Waals surface area contributed by atoms with E-state index in [-0.39, 0.29) is 0 Å². The Morgan fingerprint density at radius 3 is 2.73 bits per heavy atom. The number of hydrogen-bond donors (Lipinski definition) is 2. The van der Waals surface area contributed by atoms with E-state index in [1.807, 2.05) is 0 Å². The monoisotopic (exact) mass is 375 g/mol. The fourth-order valence-corrected chi connectivity index (χ4v) is 5.36. The van der Waals surface area contributed by atoms with Crippen LogP contribution in [-0.2, 0) is 4.79 Å². The quantitative estimate of drug-likeness (QED) is 0.853. The lowest BCUT2D eigenvalue weighted by molar-refractivity contribution is -0.143. The smallest absolute Gasteiger partial charge is 0.330 e. The molecule has 1 saturated heterocycles. The molecule has 2 heterocycles. The Balaban J connectivity index is 1.95. The van der Waals surface area contributed by atoms with Gasteiger partial charge in [0.1, 0.15) is 10.4 Å². The molecule has 0 bridgehead atoms. The van der Waals surface area contributed by atoms with Crippen LogP contribution in [0.4, 0.5) is 0 Å². The first-order valence-corrected chi connectivity index (χ1v) is 9.17. The molecule has 0 saturated carbocycles. The van der Waals surface area contributed by atoms with Crippen LogP contribution >= 0.6 is 46.3 Å². The minimum atomic E-state index is -1.21. The van der Waals surface area contributed by atoms with Crippen LogP contribution in [0, 0.1) is 0 Å². The Hall–Kier alpha value is -0.950. The van der Waals surface area contributed by atoms with Gasteiger partial charge in [-0.2, -0.15) is 11.8 Å². The third kappa shape index (κ3) is 2.69. The Labute approximate surface area is 144 Å². The number of halogens is 2. The number of thiophene rings is 1. The van der Waals surface area contributed by atoms with E-state index in [0.717, 1.165) is 10.1 Å². The lowest BCUT2D eigenvalue weighted by atomic mass is 9.99. The van der Waals surface area contributed by atoms with Gasteiger partial charge in [0, 0.05) is 20.9 Å². The summed E-state index contributed by atoms with van der Waals surface area (Å²) in [5.74, 6) is -0.386. The van der Waals surface area contributed by atoms with E-state index in [0.29, 0.717) is 32.8 Å². The number of fused-ring (bicyclic) bond motifs is 1. The first kappa shape index (κ1) is 15.9. The summed E-state index contributed by atoms with van der Waals surface area (Å²) in [5.41, 5.74) is -1.21. The summed E-state index contributed by atoms with van der Waals surface area (Å²) >= 11 is 14.9. The zero-order chi connectivity index (χ0) is 15.9. The van der Waals surface area contributed by atoms with Crippen molar-refractivity contribution in [2.24, 2.45) is 0 Å². The summed E-state index contributed by atoms with van der Waals surface area (Å²) < 4.78 is 0.799. The van der Waals surface area contributed by atoms with Gasteiger partial charge in [-0.1, -0.05) is 29.3 Å². The van der Waals surface area contributed by atoms with Crippen LogP contribution in [0.15, 0.2) is 18.2 Å². The molecular formula is C14H11Cl2NO3S2. The average molecular weight is 376 g/mol. The maximum atomic E-state index is 12.5. The topological polar surface area (TPSA) is 66.4 Å².